The van der Waals surface area contributed by atoms with E-state index in [1.165, 1.54) is 29.8 Å². The predicted molar refractivity (Wildman–Crippen MR) is 104 cm³/mol. The smallest absolute Gasteiger partial charge is 0.293 e. The van der Waals surface area contributed by atoms with Crippen molar-refractivity contribution < 1.29 is 22.3 Å². The highest BCUT2D eigenvalue weighted by Crippen LogP contribution is 2.30. The Kier molecular flexibility index (Phi) is 6.74. The summed E-state index contributed by atoms with van der Waals surface area (Å²) in [6.45, 7) is 4.20. The monoisotopic (exact) mass is 408 g/mol. The first kappa shape index (κ1) is 21.4. The van der Waals surface area contributed by atoms with E-state index in [9.17, 15) is 22.4 Å². The van der Waals surface area contributed by atoms with Gasteiger partial charge in [-0.25, -0.2) is 12.8 Å². The van der Waals surface area contributed by atoms with Crippen LogP contribution in [0.2, 0.25) is 0 Å². The summed E-state index contributed by atoms with van der Waals surface area (Å²) in [6.07, 6.45) is 3.11. The predicted octanol–water partition coefficient (Wildman–Crippen LogP) is 2.65. The first-order valence-electron chi connectivity index (χ1n) is 8.51. The van der Waals surface area contributed by atoms with E-state index in [1.807, 2.05) is 0 Å². The third-order valence-corrected chi connectivity index (χ3v) is 5.83. The second-order valence-electron chi connectivity index (χ2n) is 5.82. The quantitative estimate of drug-likeness (QED) is 0.517. The molecule has 2 aromatic heterocycles. The molecule has 0 atom stereocenters. The van der Waals surface area contributed by atoms with E-state index in [-0.39, 0.29) is 21.8 Å². The Balaban J connectivity index is 0.000000500. The second kappa shape index (κ2) is 8.83. The van der Waals surface area contributed by atoms with Gasteiger partial charge in [0, 0.05) is 36.0 Å². The van der Waals surface area contributed by atoms with E-state index in [1.54, 1.807) is 26.2 Å². The summed E-state index contributed by atoms with van der Waals surface area (Å²) in [5, 5.41) is 0.554. The molecular formula is C19H21FN2O5S. The van der Waals surface area contributed by atoms with E-state index in [4.69, 9.17) is 0 Å². The zero-order valence-electron chi connectivity index (χ0n) is 15.7. The number of rotatable bonds is 5. The van der Waals surface area contributed by atoms with Crippen LogP contribution in [0.25, 0.3) is 22.0 Å². The Morgan fingerprint density at radius 1 is 1.21 bits per heavy atom. The second-order valence-corrected chi connectivity index (χ2v) is 8.10. The number of H-pyrrole nitrogens is 1. The van der Waals surface area contributed by atoms with E-state index >= 15 is 0 Å². The number of nitrogens with zero attached hydrogens (tertiary/aromatic N) is 1. The average molecular weight is 408 g/mol. The summed E-state index contributed by atoms with van der Waals surface area (Å²) in [5.74, 6) is -0.605. The molecule has 9 heteroatoms. The molecule has 1 N–H and O–H groups in total. The number of fused-ring (bicyclic) bond motifs is 1. The van der Waals surface area contributed by atoms with Crippen molar-refractivity contribution in [2.75, 3.05) is 12.4 Å². The molecule has 1 aromatic carbocycles. The molecule has 28 heavy (non-hydrogen) atoms. The molecule has 150 valence electrons. The van der Waals surface area contributed by atoms with Crippen molar-refractivity contribution in [3.05, 3.63) is 52.8 Å². The Morgan fingerprint density at radius 2 is 1.93 bits per heavy atom. The number of aromatic amines is 1. The molecule has 0 saturated carbocycles. The van der Waals surface area contributed by atoms with E-state index in [0.717, 1.165) is 6.07 Å². The molecule has 2 heterocycles. The molecule has 3 rings (SSSR count). The maximum atomic E-state index is 14.3. The number of benzene rings is 1. The van der Waals surface area contributed by atoms with Gasteiger partial charge in [-0.2, -0.15) is 0 Å². The fourth-order valence-electron chi connectivity index (χ4n) is 2.62. The minimum atomic E-state index is -3.45. The van der Waals surface area contributed by atoms with Gasteiger partial charge in [0.05, 0.1) is 17.3 Å². The highest BCUT2D eigenvalue weighted by Gasteiger charge is 2.18. The SMILES string of the molecule is CCOC=O.CCS(=O)(=O)c1ccc(F)c(-c2cn(C)c(=O)c3[nH]ccc23)c1. The summed E-state index contributed by atoms with van der Waals surface area (Å²) < 4.78 is 43.9. The maximum absolute atomic E-state index is 14.3. The van der Waals surface area contributed by atoms with Crippen LogP contribution in [0.15, 0.2) is 46.3 Å². The normalized spacial score (nSPS) is 11.0. The minimum Gasteiger partial charge on any atom is -0.468 e. The molecule has 0 unspecified atom stereocenters. The lowest BCUT2D eigenvalue weighted by Gasteiger charge is -2.10. The third-order valence-electron chi connectivity index (χ3n) is 4.10. The van der Waals surface area contributed by atoms with Crippen molar-refractivity contribution in [2.24, 2.45) is 7.05 Å². The molecule has 0 aliphatic carbocycles. The van der Waals surface area contributed by atoms with Crippen molar-refractivity contribution in [3.8, 4) is 11.1 Å². The number of ether oxygens (including phenoxy) is 1. The largest absolute Gasteiger partial charge is 0.468 e. The highest BCUT2D eigenvalue weighted by molar-refractivity contribution is 7.91. The van der Waals surface area contributed by atoms with Crippen molar-refractivity contribution in [1.82, 2.24) is 9.55 Å². The standard InChI is InChI=1S/C16H15FN2O3S.C3H6O2/c1-3-23(21,22)10-4-5-14(17)12(8-10)13-9-19(2)16(20)15-11(13)6-7-18-15;1-2-5-3-4/h4-9,18H,3H2,1-2H3;3H,2H2,1H3. The minimum absolute atomic E-state index is 0.0638. The number of sulfone groups is 1. The number of halogens is 1. The number of aromatic nitrogens is 2. The van der Waals surface area contributed by atoms with Gasteiger partial charge in [0.1, 0.15) is 11.3 Å². The number of hydrogen-bond acceptors (Lipinski definition) is 5. The van der Waals surface area contributed by atoms with Gasteiger partial charge in [0.15, 0.2) is 9.84 Å². The van der Waals surface area contributed by atoms with Crippen LogP contribution < -0.4 is 5.56 Å². The third kappa shape index (κ3) is 4.30. The number of aryl methyl sites for hydroxylation is 1. The van der Waals surface area contributed by atoms with Crippen LogP contribution in [-0.2, 0) is 26.4 Å². The summed E-state index contributed by atoms with van der Waals surface area (Å²) in [7, 11) is -1.88. The molecule has 0 saturated heterocycles. The van der Waals surface area contributed by atoms with Crippen molar-refractivity contribution in [2.45, 2.75) is 18.7 Å². The van der Waals surface area contributed by atoms with E-state index < -0.39 is 15.7 Å². The van der Waals surface area contributed by atoms with Crippen LogP contribution in [-0.4, -0.2) is 36.8 Å². The Bertz CT molecular complexity index is 1150. The molecule has 0 amide bonds. The lowest BCUT2D eigenvalue weighted by molar-refractivity contribution is -0.128. The Morgan fingerprint density at radius 3 is 2.50 bits per heavy atom. The Labute approximate surface area is 161 Å². The van der Waals surface area contributed by atoms with Crippen molar-refractivity contribution in [3.63, 3.8) is 0 Å². The van der Waals surface area contributed by atoms with Gasteiger partial charge < -0.3 is 14.3 Å². The molecule has 0 aliphatic heterocycles. The van der Waals surface area contributed by atoms with Crippen molar-refractivity contribution >= 4 is 27.2 Å². The molecule has 0 fully saturated rings. The number of carbonyl (C=O) groups is 1. The summed E-state index contributed by atoms with van der Waals surface area (Å²) in [6, 6.07) is 5.39. The molecule has 0 aliphatic rings. The van der Waals surface area contributed by atoms with Crippen LogP contribution in [0.5, 0.6) is 0 Å². The van der Waals surface area contributed by atoms with Crippen molar-refractivity contribution in [1.29, 1.82) is 0 Å². The van der Waals surface area contributed by atoms with Gasteiger partial charge in [-0.15, -0.1) is 0 Å². The molecule has 3 aromatic rings. The molecule has 7 nitrogen and oxygen atoms in total. The van der Waals surface area contributed by atoms with Crippen LogP contribution in [0.1, 0.15) is 13.8 Å². The number of carbonyl (C=O) groups excluding carboxylic acids is 1. The van der Waals surface area contributed by atoms with E-state index in [0.29, 0.717) is 29.5 Å². The first-order chi connectivity index (χ1) is 13.3. The van der Waals surface area contributed by atoms with Gasteiger partial charge in [-0.05, 0) is 31.2 Å². The average Bonchev–Trinajstić information content (AvgIpc) is 3.16. The van der Waals surface area contributed by atoms with Gasteiger partial charge in [0.2, 0.25) is 0 Å². The van der Waals surface area contributed by atoms with Gasteiger partial charge in [-0.3, -0.25) is 9.59 Å². The van der Waals surface area contributed by atoms with Crippen LogP contribution in [0.4, 0.5) is 4.39 Å². The maximum Gasteiger partial charge on any atom is 0.293 e. The number of pyridine rings is 1. The van der Waals surface area contributed by atoms with Crippen LogP contribution >= 0.6 is 0 Å². The number of hydrogen-bond donors (Lipinski definition) is 1. The fourth-order valence-corrected chi connectivity index (χ4v) is 3.53. The van der Waals surface area contributed by atoms with Gasteiger partial charge >= 0.3 is 0 Å². The highest BCUT2D eigenvalue weighted by atomic mass is 32.2. The topological polar surface area (TPSA) is 98.2 Å². The summed E-state index contributed by atoms with van der Waals surface area (Å²) in [4.78, 5) is 24.2. The zero-order valence-corrected chi connectivity index (χ0v) is 16.5. The molecular weight excluding hydrogens is 387 g/mol. The molecule has 0 radical (unpaired) electrons. The van der Waals surface area contributed by atoms with Crippen LogP contribution in [0.3, 0.4) is 0 Å². The van der Waals surface area contributed by atoms with E-state index in [2.05, 4.69) is 9.72 Å². The summed E-state index contributed by atoms with van der Waals surface area (Å²) >= 11 is 0. The first-order valence-corrected chi connectivity index (χ1v) is 10.2. The van der Waals surface area contributed by atoms with Gasteiger partial charge in [0.25, 0.3) is 12.0 Å². The molecule has 0 bridgehead atoms. The molecule has 0 spiro atoms. The summed E-state index contributed by atoms with van der Waals surface area (Å²) in [5.41, 5.74) is 0.744. The number of nitrogens with one attached hydrogen (secondary N) is 1. The Hall–Kier alpha value is -2.94. The van der Waals surface area contributed by atoms with Crippen LogP contribution in [0, 0.1) is 5.82 Å². The van der Waals surface area contributed by atoms with Gasteiger partial charge in [-0.1, -0.05) is 6.92 Å². The zero-order chi connectivity index (χ0) is 20.9. The lowest BCUT2D eigenvalue weighted by Crippen LogP contribution is -2.16. The fraction of sp³-hybridized carbons (Fsp3) is 0.263. The lowest BCUT2D eigenvalue weighted by atomic mass is 10.0.